The molecule has 14 heavy (non-hydrogen) atoms. The van der Waals surface area contributed by atoms with Crippen LogP contribution >= 0.6 is 34.2 Å². The van der Waals surface area contributed by atoms with Gasteiger partial charge >= 0.3 is 0 Å². The summed E-state index contributed by atoms with van der Waals surface area (Å²) in [7, 11) is 0. The topological polar surface area (TPSA) is 57.9 Å². The summed E-state index contributed by atoms with van der Waals surface area (Å²) in [5.74, 6) is 0. The maximum Gasteiger partial charge on any atom is 0.254 e. The van der Waals surface area contributed by atoms with Crippen LogP contribution in [0, 0.1) is 14.9 Å². The lowest BCUT2D eigenvalue weighted by molar-refractivity contribution is 0.106. The molecular formula is C9H3ClINO2. The third-order valence-corrected chi connectivity index (χ3v) is 2.72. The van der Waals surface area contributed by atoms with Crippen molar-refractivity contribution in [3.63, 3.8) is 0 Å². The number of aldehydes is 1. The van der Waals surface area contributed by atoms with Gasteiger partial charge in [-0.15, -0.1) is 0 Å². The van der Waals surface area contributed by atoms with Crippen molar-refractivity contribution in [2.45, 2.75) is 0 Å². The summed E-state index contributed by atoms with van der Waals surface area (Å²) in [4.78, 5) is 21.7. The number of carbonyl (C=O) groups excluding carboxylic acids is 2. The molecule has 0 aliphatic heterocycles. The Balaban J connectivity index is 3.61. The van der Waals surface area contributed by atoms with Crippen molar-refractivity contribution >= 4 is 45.7 Å². The third kappa shape index (κ3) is 1.94. The first-order valence-corrected chi connectivity index (χ1v) is 4.95. The van der Waals surface area contributed by atoms with E-state index in [4.69, 9.17) is 16.9 Å². The van der Waals surface area contributed by atoms with Crippen LogP contribution in [-0.4, -0.2) is 11.5 Å². The minimum Gasteiger partial charge on any atom is -0.298 e. The molecule has 0 radical (unpaired) electrons. The van der Waals surface area contributed by atoms with Crippen LogP contribution in [0.1, 0.15) is 26.3 Å². The number of nitriles is 1. The Bertz CT molecular complexity index is 451. The lowest BCUT2D eigenvalue weighted by Crippen LogP contribution is -2.02. The van der Waals surface area contributed by atoms with Gasteiger partial charge in [0.25, 0.3) is 5.24 Å². The molecule has 1 aromatic carbocycles. The summed E-state index contributed by atoms with van der Waals surface area (Å²) in [6.45, 7) is 0. The molecule has 0 spiro atoms. The molecule has 1 rings (SSSR count). The maximum atomic E-state index is 11.0. The molecule has 1 aromatic rings. The Hall–Kier alpha value is -0.930. The van der Waals surface area contributed by atoms with E-state index >= 15 is 0 Å². The first-order valence-electron chi connectivity index (χ1n) is 3.49. The second kappa shape index (κ2) is 4.53. The van der Waals surface area contributed by atoms with E-state index in [-0.39, 0.29) is 16.7 Å². The van der Waals surface area contributed by atoms with Crippen LogP contribution in [0.3, 0.4) is 0 Å². The molecule has 0 atom stereocenters. The van der Waals surface area contributed by atoms with Crippen LogP contribution in [0.2, 0.25) is 0 Å². The lowest BCUT2D eigenvalue weighted by atomic mass is 10.0. The predicted octanol–water partition coefficient (Wildman–Crippen LogP) is 2.35. The van der Waals surface area contributed by atoms with Crippen LogP contribution in [0.5, 0.6) is 0 Å². The van der Waals surface area contributed by atoms with Crippen LogP contribution < -0.4 is 0 Å². The number of halogens is 2. The molecule has 0 aromatic heterocycles. The van der Waals surface area contributed by atoms with Crippen LogP contribution in [0.25, 0.3) is 0 Å². The Morgan fingerprint density at radius 2 is 2.21 bits per heavy atom. The molecule has 0 fully saturated rings. The molecule has 0 saturated carbocycles. The Kier molecular flexibility index (Phi) is 3.61. The normalized spacial score (nSPS) is 9.21. The van der Waals surface area contributed by atoms with Gasteiger partial charge in [-0.25, -0.2) is 0 Å². The number of hydrogen-bond acceptors (Lipinski definition) is 3. The van der Waals surface area contributed by atoms with E-state index in [1.165, 1.54) is 6.07 Å². The summed E-state index contributed by atoms with van der Waals surface area (Å²) in [6.07, 6.45) is 0.469. The molecule has 3 nitrogen and oxygen atoms in total. The van der Waals surface area contributed by atoms with E-state index < -0.39 is 5.24 Å². The monoisotopic (exact) mass is 319 g/mol. The van der Waals surface area contributed by atoms with Crippen molar-refractivity contribution in [1.29, 1.82) is 5.26 Å². The minimum atomic E-state index is -0.728. The van der Waals surface area contributed by atoms with Crippen molar-refractivity contribution in [3.05, 3.63) is 32.4 Å². The molecule has 0 aliphatic rings. The van der Waals surface area contributed by atoms with E-state index in [1.807, 2.05) is 28.7 Å². The van der Waals surface area contributed by atoms with Gasteiger partial charge in [-0.3, -0.25) is 9.59 Å². The largest absolute Gasteiger partial charge is 0.298 e. The van der Waals surface area contributed by atoms with E-state index in [0.717, 1.165) is 0 Å². The van der Waals surface area contributed by atoms with Gasteiger partial charge in [0, 0.05) is 9.13 Å². The van der Waals surface area contributed by atoms with Crippen molar-refractivity contribution < 1.29 is 9.59 Å². The number of rotatable bonds is 2. The third-order valence-electron chi connectivity index (χ3n) is 1.63. The number of hydrogen-bond donors (Lipinski definition) is 0. The molecule has 70 valence electrons. The maximum absolute atomic E-state index is 11.0. The molecule has 0 heterocycles. The van der Waals surface area contributed by atoms with Crippen LogP contribution in [-0.2, 0) is 0 Å². The van der Waals surface area contributed by atoms with Crippen molar-refractivity contribution in [3.8, 4) is 6.07 Å². The summed E-state index contributed by atoms with van der Waals surface area (Å²) < 4.78 is 0.559. The molecule has 0 unspecified atom stereocenters. The molecule has 0 aliphatic carbocycles. The summed E-state index contributed by atoms with van der Waals surface area (Å²) in [5, 5.41) is 7.95. The van der Waals surface area contributed by atoms with Gasteiger partial charge in [0.05, 0.1) is 17.2 Å². The van der Waals surface area contributed by atoms with E-state index in [9.17, 15) is 9.59 Å². The molecule has 0 N–H and O–H groups in total. The highest BCUT2D eigenvalue weighted by atomic mass is 127. The Labute approximate surface area is 98.8 Å². The standard InChI is InChI=1S/C9H3ClINO2/c10-9(14)8-6(4-13)5(3-12)1-2-7(8)11/h1-2,4H. The van der Waals surface area contributed by atoms with Gasteiger partial charge in [-0.2, -0.15) is 5.26 Å². The van der Waals surface area contributed by atoms with Gasteiger partial charge in [0.2, 0.25) is 0 Å². The molecule has 0 bridgehead atoms. The number of benzene rings is 1. The van der Waals surface area contributed by atoms with Gasteiger partial charge in [-0.05, 0) is 46.3 Å². The Morgan fingerprint density at radius 3 is 2.64 bits per heavy atom. The fourth-order valence-electron chi connectivity index (χ4n) is 1.01. The molecule has 0 saturated heterocycles. The first-order chi connectivity index (χ1) is 6.61. The fourth-order valence-corrected chi connectivity index (χ4v) is 2.09. The van der Waals surface area contributed by atoms with E-state index in [2.05, 4.69) is 0 Å². The minimum absolute atomic E-state index is 0.0550. The molecule has 0 amide bonds. The first kappa shape index (κ1) is 11.1. The lowest BCUT2D eigenvalue weighted by Gasteiger charge is -2.03. The zero-order valence-electron chi connectivity index (χ0n) is 6.75. The van der Waals surface area contributed by atoms with Gasteiger partial charge in [0.1, 0.15) is 0 Å². The molecule has 5 heteroatoms. The Morgan fingerprint density at radius 1 is 1.57 bits per heavy atom. The average molecular weight is 319 g/mol. The fraction of sp³-hybridized carbons (Fsp3) is 0. The number of carbonyl (C=O) groups is 2. The smallest absolute Gasteiger partial charge is 0.254 e. The van der Waals surface area contributed by atoms with Gasteiger partial charge in [0.15, 0.2) is 6.29 Å². The van der Waals surface area contributed by atoms with Gasteiger partial charge < -0.3 is 0 Å². The summed E-state index contributed by atoms with van der Waals surface area (Å²) >= 11 is 7.19. The summed E-state index contributed by atoms with van der Waals surface area (Å²) in [6, 6.07) is 4.88. The van der Waals surface area contributed by atoms with E-state index in [0.29, 0.717) is 9.86 Å². The predicted molar refractivity (Wildman–Crippen MR) is 59.4 cm³/mol. The van der Waals surface area contributed by atoms with Crippen LogP contribution in [0.15, 0.2) is 12.1 Å². The summed E-state index contributed by atoms with van der Waals surface area (Å²) in [5.41, 5.74) is 0.310. The zero-order valence-corrected chi connectivity index (χ0v) is 9.67. The highest BCUT2D eigenvalue weighted by Gasteiger charge is 2.16. The molecular weight excluding hydrogens is 316 g/mol. The zero-order chi connectivity index (χ0) is 10.7. The number of nitrogens with zero attached hydrogens (tertiary/aromatic N) is 1. The van der Waals surface area contributed by atoms with Crippen molar-refractivity contribution in [1.82, 2.24) is 0 Å². The van der Waals surface area contributed by atoms with Crippen molar-refractivity contribution in [2.24, 2.45) is 0 Å². The van der Waals surface area contributed by atoms with Crippen LogP contribution in [0.4, 0.5) is 0 Å². The average Bonchev–Trinajstić information content (AvgIpc) is 2.16. The SMILES string of the molecule is N#Cc1ccc(I)c(C(=O)Cl)c1C=O. The van der Waals surface area contributed by atoms with Gasteiger partial charge in [-0.1, -0.05) is 0 Å². The van der Waals surface area contributed by atoms with E-state index in [1.54, 1.807) is 6.07 Å². The highest BCUT2D eigenvalue weighted by molar-refractivity contribution is 14.1. The highest BCUT2D eigenvalue weighted by Crippen LogP contribution is 2.21. The van der Waals surface area contributed by atoms with Crippen molar-refractivity contribution in [2.75, 3.05) is 0 Å². The second-order valence-electron chi connectivity index (χ2n) is 2.39. The second-order valence-corrected chi connectivity index (χ2v) is 3.89. The quantitative estimate of drug-likeness (QED) is 0.478.